The first kappa shape index (κ1) is 19.4. The Morgan fingerprint density at radius 1 is 1.19 bits per heavy atom. The Morgan fingerprint density at radius 3 is 2.48 bits per heavy atom. The van der Waals surface area contributed by atoms with Crippen molar-refractivity contribution in [3.63, 3.8) is 0 Å². The first-order chi connectivity index (χ1) is 13.0. The van der Waals surface area contributed by atoms with Crippen molar-refractivity contribution in [2.24, 2.45) is 5.92 Å². The Kier molecular flexibility index (Phi) is 6.14. The van der Waals surface area contributed by atoms with Crippen molar-refractivity contribution in [1.29, 1.82) is 0 Å². The highest BCUT2D eigenvalue weighted by Gasteiger charge is 2.39. The van der Waals surface area contributed by atoms with Crippen LogP contribution in [0.2, 0.25) is 0 Å². The molecule has 0 aliphatic carbocycles. The molecule has 2 unspecified atom stereocenters. The highest BCUT2D eigenvalue weighted by molar-refractivity contribution is 5.89. The van der Waals surface area contributed by atoms with Crippen LogP contribution >= 0.6 is 0 Å². The molecule has 1 saturated heterocycles. The van der Waals surface area contributed by atoms with E-state index >= 15 is 0 Å². The first-order valence-corrected chi connectivity index (χ1v) is 9.44. The normalized spacial score (nSPS) is 22.5. The molecule has 5 nitrogen and oxygen atoms in total. The summed E-state index contributed by atoms with van der Waals surface area (Å²) < 4.78 is 5.10. The SMILES string of the molecule is COCCC1(O)CCN(C(=O)Nc2ccc(-c3ccccc3)cc2)CC1C. The van der Waals surface area contributed by atoms with Gasteiger partial charge in [0, 0.05) is 38.4 Å². The average Bonchev–Trinajstić information content (AvgIpc) is 2.70. The van der Waals surface area contributed by atoms with Gasteiger partial charge in [0.1, 0.15) is 0 Å². The summed E-state index contributed by atoms with van der Waals surface area (Å²) in [6.07, 6.45) is 1.17. The van der Waals surface area contributed by atoms with Crippen LogP contribution in [0.15, 0.2) is 54.6 Å². The summed E-state index contributed by atoms with van der Waals surface area (Å²) in [6.45, 7) is 3.59. The predicted molar refractivity (Wildman–Crippen MR) is 108 cm³/mol. The molecule has 2 amide bonds. The number of benzene rings is 2. The second-order valence-electron chi connectivity index (χ2n) is 7.32. The molecule has 27 heavy (non-hydrogen) atoms. The number of carbonyl (C=O) groups excluding carboxylic acids is 1. The average molecular weight is 368 g/mol. The molecular weight excluding hydrogens is 340 g/mol. The molecule has 0 radical (unpaired) electrons. The van der Waals surface area contributed by atoms with Crippen LogP contribution in [0.4, 0.5) is 10.5 Å². The number of nitrogens with one attached hydrogen (secondary N) is 1. The lowest BCUT2D eigenvalue weighted by Gasteiger charge is -2.43. The Labute approximate surface area is 161 Å². The fraction of sp³-hybridized carbons (Fsp3) is 0.409. The topological polar surface area (TPSA) is 61.8 Å². The first-order valence-electron chi connectivity index (χ1n) is 9.44. The molecule has 0 spiro atoms. The number of likely N-dealkylation sites (tertiary alicyclic amines) is 1. The van der Waals surface area contributed by atoms with Gasteiger partial charge in [-0.25, -0.2) is 4.79 Å². The third kappa shape index (κ3) is 4.67. The molecule has 2 atom stereocenters. The molecule has 0 aromatic heterocycles. The van der Waals surface area contributed by atoms with Crippen LogP contribution in [0.5, 0.6) is 0 Å². The van der Waals surface area contributed by atoms with Crippen molar-refractivity contribution in [1.82, 2.24) is 4.90 Å². The molecule has 2 aromatic carbocycles. The van der Waals surface area contributed by atoms with Gasteiger partial charge in [-0.2, -0.15) is 0 Å². The van der Waals surface area contributed by atoms with Gasteiger partial charge in [0.25, 0.3) is 0 Å². The van der Waals surface area contributed by atoms with E-state index in [9.17, 15) is 9.90 Å². The van der Waals surface area contributed by atoms with Gasteiger partial charge in [-0.05, 0) is 36.1 Å². The molecule has 3 rings (SSSR count). The number of hydrogen-bond donors (Lipinski definition) is 2. The van der Waals surface area contributed by atoms with E-state index in [0.717, 1.165) is 16.8 Å². The Balaban J connectivity index is 1.58. The van der Waals surface area contributed by atoms with Gasteiger partial charge in [0.05, 0.1) is 5.60 Å². The lowest BCUT2D eigenvalue weighted by atomic mass is 9.80. The van der Waals surface area contributed by atoms with Crippen LogP contribution in [0, 0.1) is 5.92 Å². The predicted octanol–water partition coefficient (Wildman–Crippen LogP) is 3.99. The van der Waals surface area contributed by atoms with E-state index in [1.165, 1.54) is 0 Å². The van der Waals surface area contributed by atoms with Gasteiger partial charge in [-0.3, -0.25) is 0 Å². The molecule has 0 bridgehead atoms. The maximum Gasteiger partial charge on any atom is 0.321 e. The largest absolute Gasteiger partial charge is 0.389 e. The number of nitrogens with zero attached hydrogens (tertiary/aromatic N) is 1. The molecule has 1 aliphatic heterocycles. The fourth-order valence-corrected chi connectivity index (χ4v) is 3.58. The number of methoxy groups -OCH3 is 1. The molecule has 0 saturated carbocycles. The van der Waals surface area contributed by atoms with Crippen molar-refractivity contribution < 1.29 is 14.6 Å². The summed E-state index contributed by atoms with van der Waals surface area (Å²) in [4.78, 5) is 14.4. The number of aliphatic hydroxyl groups is 1. The third-order valence-electron chi connectivity index (χ3n) is 5.50. The molecule has 1 fully saturated rings. The maximum absolute atomic E-state index is 12.6. The summed E-state index contributed by atoms with van der Waals surface area (Å²) in [5.74, 6) is 0.00704. The summed E-state index contributed by atoms with van der Waals surface area (Å²) in [6, 6.07) is 17.9. The van der Waals surface area contributed by atoms with Gasteiger partial charge in [-0.15, -0.1) is 0 Å². The number of anilines is 1. The molecular formula is C22H28N2O3. The number of hydrogen-bond acceptors (Lipinski definition) is 3. The van der Waals surface area contributed by atoms with Crippen LogP contribution in [0.1, 0.15) is 19.8 Å². The molecule has 2 aromatic rings. The highest BCUT2D eigenvalue weighted by atomic mass is 16.5. The van der Waals surface area contributed by atoms with Crippen LogP contribution in [0.3, 0.4) is 0 Å². The quantitative estimate of drug-likeness (QED) is 0.839. The summed E-state index contributed by atoms with van der Waals surface area (Å²) in [5, 5.41) is 13.7. The maximum atomic E-state index is 12.6. The molecule has 2 N–H and O–H groups in total. The monoisotopic (exact) mass is 368 g/mol. The Bertz CT molecular complexity index is 748. The van der Waals surface area contributed by atoms with E-state index in [1.54, 1.807) is 12.0 Å². The smallest absolute Gasteiger partial charge is 0.321 e. The molecule has 5 heteroatoms. The van der Waals surface area contributed by atoms with Crippen molar-refractivity contribution in [3.8, 4) is 11.1 Å². The molecule has 1 aliphatic rings. The number of rotatable bonds is 5. The second-order valence-corrected chi connectivity index (χ2v) is 7.32. The van der Waals surface area contributed by atoms with Crippen molar-refractivity contribution in [3.05, 3.63) is 54.6 Å². The summed E-state index contributed by atoms with van der Waals surface area (Å²) in [5.41, 5.74) is 2.27. The lowest BCUT2D eigenvalue weighted by molar-refractivity contribution is -0.0725. The number of amides is 2. The Morgan fingerprint density at radius 2 is 1.85 bits per heavy atom. The van der Waals surface area contributed by atoms with Crippen LogP contribution in [-0.4, -0.2) is 48.4 Å². The minimum absolute atomic E-state index is 0.00704. The van der Waals surface area contributed by atoms with Gasteiger partial charge < -0.3 is 20.1 Å². The van der Waals surface area contributed by atoms with Crippen LogP contribution in [-0.2, 0) is 4.74 Å². The van der Waals surface area contributed by atoms with E-state index in [1.807, 2.05) is 49.4 Å². The van der Waals surface area contributed by atoms with Crippen LogP contribution in [0.25, 0.3) is 11.1 Å². The highest BCUT2D eigenvalue weighted by Crippen LogP contribution is 2.31. The van der Waals surface area contributed by atoms with Crippen molar-refractivity contribution in [2.45, 2.75) is 25.4 Å². The van der Waals surface area contributed by atoms with Crippen molar-refractivity contribution >= 4 is 11.7 Å². The van der Waals surface area contributed by atoms with Gasteiger partial charge in [-0.1, -0.05) is 49.4 Å². The number of carbonyl (C=O) groups is 1. The summed E-state index contributed by atoms with van der Waals surface area (Å²) >= 11 is 0. The van der Waals surface area contributed by atoms with Gasteiger partial charge >= 0.3 is 6.03 Å². The van der Waals surface area contributed by atoms with Gasteiger partial charge in [0.15, 0.2) is 0 Å². The number of piperidine rings is 1. The van der Waals surface area contributed by atoms with E-state index in [0.29, 0.717) is 32.5 Å². The lowest BCUT2D eigenvalue weighted by Crippen LogP contribution is -2.53. The third-order valence-corrected chi connectivity index (χ3v) is 5.50. The second kappa shape index (κ2) is 8.55. The Hall–Kier alpha value is -2.37. The van der Waals surface area contributed by atoms with Gasteiger partial charge in [0.2, 0.25) is 0 Å². The minimum Gasteiger partial charge on any atom is -0.389 e. The van der Waals surface area contributed by atoms with E-state index in [2.05, 4.69) is 17.4 Å². The van der Waals surface area contributed by atoms with Crippen LogP contribution < -0.4 is 5.32 Å². The number of urea groups is 1. The van der Waals surface area contributed by atoms with Crippen molar-refractivity contribution in [2.75, 3.05) is 32.1 Å². The van der Waals surface area contributed by atoms with E-state index < -0.39 is 5.60 Å². The van der Waals surface area contributed by atoms with E-state index in [4.69, 9.17) is 4.74 Å². The number of ether oxygens (including phenoxy) is 1. The van der Waals surface area contributed by atoms with E-state index in [-0.39, 0.29) is 11.9 Å². The summed E-state index contributed by atoms with van der Waals surface area (Å²) in [7, 11) is 1.64. The zero-order chi connectivity index (χ0) is 19.3. The fourth-order valence-electron chi connectivity index (χ4n) is 3.58. The zero-order valence-electron chi connectivity index (χ0n) is 16.0. The standard InChI is InChI=1S/C22H28N2O3/c1-17-16-24(14-12-22(17,26)13-15-27-2)21(25)23-20-10-8-19(9-11-20)18-6-4-3-5-7-18/h3-11,17,26H,12-16H2,1-2H3,(H,23,25). The minimum atomic E-state index is -0.760. The molecule has 1 heterocycles. The molecule has 144 valence electrons. The zero-order valence-corrected chi connectivity index (χ0v) is 16.0.